The molecule has 0 saturated carbocycles. The van der Waals surface area contributed by atoms with Crippen molar-refractivity contribution in [3.05, 3.63) is 30.3 Å². The molecule has 1 aromatic carbocycles. The molecule has 1 fully saturated rings. The number of hydrogen-bond donors (Lipinski definition) is 1. The summed E-state index contributed by atoms with van der Waals surface area (Å²) in [7, 11) is 1.83. The number of ether oxygens (including phenoxy) is 1. The molecule has 2 amide bonds. The van der Waals surface area contributed by atoms with Crippen LogP contribution in [0.5, 0.6) is 5.75 Å². The molecule has 1 aromatic rings. The molecule has 0 bridgehead atoms. The van der Waals surface area contributed by atoms with E-state index in [1.54, 1.807) is 9.80 Å². The number of nitrogens with zero attached hydrogens (tertiary/aromatic N) is 2. The molecule has 1 heterocycles. The fraction of sp³-hybridized carbons (Fsp3) is 0.619. The molecule has 1 aliphatic rings. The van der Waals surface area contributed by atoms with E-state index in [1.807, 2.05) is 37.4 Å². The van der Waals surface area contributed by atoms with Crippen molar-refractivity contribution in [1.29, 1.82) is 0 Å². The second kappa shape index (κ2) is 10.3. The lowest BCUT2D eigenvalue weighted by molar-refractivity contribution is -0.141. The highest BCUT2D eigenvalue weighted by atomic mass is 16.5. The van der Waals surface area contributed by atoms with Crippen LogP contribution in [0.25, 0.3) is 0 Å². The lowest BCUT2D eigenvalue weighted by atomic mass is 9.96. The zero-order valence-corrected chi connectivity index (χ0v) is 16.8. The Bertz CT molecular complexity index is 606. The molecule has 2 atom stereocenters. The van der Waals surface area contributed by atoms with Gasteiger partial charge in [0.15, 0.2) is 6.61 Å². The lowest BCUT2D eigenvalue weighted by Gasteiger charge is -2.34. The van der Waals surface area contributed by atoms with Gasteiger partial charge in [-0.05, 0) is 37.3 Å². The second-order valence-corrected chi connectivity index (χ2v) is 7.74. The van der Waals surface area contributed by atoms with Gasteiger partial charge in [-0.15, -0.1) is 0 Å². The molecular weight excluding hydrogens is 342 g/mol. The number of hydrogen-bond acceptors (Lipinski definition) is 4. The quantitative estimate of drug-likeness (QED) is 0.755. The minimum atomic E-state index is -0.139. The van der Waals surface area contributed by atoms with E-state index < -0.39 is 0 Å². The number of para-hydroxylation sites is 1. The van der Waals surface area contributed by atoms with Gasteiger partial charge < -0.3 is 20.3 Å². The van der Waals surface area contributed by atoms with Gasteiger partial charge in [0, 0.05) is 32.7 Å². The Morgan fingerprint density at radius 2 is 2.00 bits per heavy atom. The molecule has 1 aliphatic heterocycles. The summed E-state index contributed by atoms with van der Waals surface area (Å²) in [6, 6.07) is 9.39. The van der Waals surface area contributed by atoms with E-state index in [0.717, 1.165) is 19.3 Å². The van der Waals surface area contributed by atoms with E-state index >= 15 is 0 Å². The SMILES string of the molecule is CC(C)C(N)CCN(C)C(=O)C1CCCN(C(=O)COc2ccccc2)C1. The van der Waals surface area contributed by atoms with Crippen LogP contribution < -0.4 is 10.5 Å². The van der Waals surface area contributed by atoms with Crippen molar-refractivity contribution in [2.45, 2.75) is 39.2 Å². The summed E-state index contributed by atoms with van der Waals surface area (Å²) in [4.78, 5) is 28.7. The van der Waals surface area contributed by atoms with E-state index in [-0.39, 0.29) is 30.4 Å². The Balaban J connectivity index is 1.81. The molecule has 0 aromatic heterocycles. The standard InChI is InChI=1S/C21H33N3O3/c1-16(2)19(22)11-13-23(3)21(26)17-8-7-12-24(14-17)20(25)15-27-18-9-5-4-6-10-18/h4-6,9-10,16-17,19H,7-8,11-15,22H2,1-3H3. The Hall–Kier alpha value is -2.08. The molecule has 150 valence electrons. The first-order valence-corrected chi connectivity index (χ1v) is 9.84. The van der Waals surface area contributed by atoms with Gasteiger partial charge in [-0.25, -0.2) is 0 Å². The predicted octanol–water partition coefficient (Wildman–Crippen LogP) is 2.14. The summed E-state index contributed by atoms with van der Waals surface area (Å²) in [6.45, 7) is 5.99. The van der Waals surface area contributed by atoms with Crippen molar-refractivity contribution in [3.8, 4) is 5.75 Å². The second-order valence-electron chi connectivity index (χ2n) is 7.74. The van der Waals surface area contributed by atoms with Gasteiger partial charge in [0.05, 0.1) is 5.92 Å². The van der Waals surface area contributed by atoms with E-state index in [1.165, 1.54) is 0 Å². The Morgan fingerprint density at radius 3 is 2.67 bits per heavy atom. The highest BCUT2D eigenvalue weighted by molar-refractivity contribution is 5.81. The number of carbonyl (C=O) groups excluding carboxylic acids is 2. The van der Waals surface area contributed by atoms with Crippen LogP contribution in [0.4, 0.5) is 0 Å². The molecule has 6 heteroatoms. The van der Waals surface area contributed by atoms with Crippen LogP contribution in [0, 0.1) is 11.8 Å². The summed E-state index contributed by atoms with van der Waals surface area (Å²) in [5.74, 6) is 0.977. The highest BCUT2D eigenvalue weighted by Gasteiger charge is 2.30. The smallest absolute Gasteiger partial charge is 0.260 e. The first-order chi connectivity index (χ1) is 12.9. The number of benzene rings is 1. The van der Waals surface area contributed by atoms with E-state index in [9.17, 15) is 9.59 Å². The topological polar surface area (TPSA) is 75.9 Å². The third kappa shape index (κ3) is 6.54. The molecule has 0 spiro atoms. The maximum Gasteiger partial charge on any atom is 0.260 e. The fourth-order valence-corrected chi connectivity index (χ4v) is 3.26. The van der Waals surface area contributed by atoms with Crippen molar-refractivity contribution in [2.75, 3.05) is 33.3 Å². The van der Waals surface area contributed by atoms with E-state index in [0.29, 0.717) is 31.3 Å². The summed E-state index contributed by atoms with van der Waals surface area (Å²) in [5, 5.41) is 0. The van der Waals surface area contributed by atoms with Crippen LogP contribution in [-0.4, -0.2) is 60.9 Å². The van der Waals surface area contributed by atoms with Crippen molar-refractivity contribution < 1.29 is 14.3 Å². The molecular formula is C21H33N3O3. The number of carbonyl (C=O) groups is 2. The summed E-state index contributed by atoms with van der Waals surface area (Å²) in [5.41, 5.74) is 6.08. The number of rotatable bonds is 8. The third-order valence-corrected chi connectivity index (χ3v) is 5.26. The van der Waals surface area contributed by atoms with Crippen molar-refractivity contribution in [2.24, 2.45) is 17.6 Å². The van der Waals surface area contributed by atoms with Crippen molar-refractivity contribution in [3.63, 3.8) is 0 Å². The number of amides is 2. The largest absolute Gasteiger partial charge is 0.484 e. The maximum absolute atomic E-state index is 12.7. The number of nitrogens with two attached hydrogens (primary N) is 1. The Morgan fingerprint density at radius 1 is 1.30 bits per heavy atom. The average molecular weight is 376 g/mol. The van der Waals surface area contributed by atoms with E-state index in [4.69, 9.17) is 10.5 Å². The average Bonchev–Trinajstić information content (AvgIpc) is 2.70. The third-order valence-electron chi connectivity index (χ3n) is 5.26. The van der Waals surface area contributed by atoms with Gasteiger partial charge in [-0.3, -0.25) is 9.59 Å². The van der Waals surface area contributed by atoms with Gasteiger partial charge in [0.25, 0.3) is 5.91 Å². The molecule has 6 nitrogen and oxygen atoms in total. The highest BCUT2D eigenvalue weighted by Crippen LogP contribution is 2.19. The Kier molecular flexibility index (Phi) is 8.10. The molecule has 27 heavy (non-hydrogen) atoms. The summed E-state index contributed by atoms with van der Waals surface area (Å²) < 4.78 is 5.55. The fourth-order valence-electron chi connectivity index (χ4n) is 3.26. The predicted molar refractivity (Wildman–Crippen MR) is 106 cm³/mol. The van der Waals surface area contributed by atoms with Crippen molar-refractivity contribution >= 4 is 11.8 Å². The number of piperidine rings is 1. The van der Waals surface area contributed by atoms with Crippen LogP contribution in [0.2, 0.25) is 0 Å². The van der Waals surface area contributed by atoms with Gasteiger partial charge in [-0.2, -0.15) is 0 Å². The monoisotopic (exact) mass is 375 g/mol. The number of likely N-dealkylation sites (tertiary alicyclic amines) is 1. The van der Waals surface area contributed by atoms with Crippen LogP contribution in [0.1, 0.15) is 33.1 Å². The zero-order chi connectivity index (χ0) is 19.8. The van der Waals surface area contributed by atoms with Crippen LogP contribution in [-0.2, 0) is 9.59 Å². The molecule has 2 N–H and O–H groups in total. The molecule has 0 radical (unpaired) electrons. The molecule has 1 saturated heterocycles. The first kappa shape index (κ1) is 21.2. The van der Waals surface area contributed by atoms with Gasteiger partial charge >= 0.3 is 0 Å². The lowest BCUT2D eigenvalue weighted by Crippen LogP contribution is -2.47. The molecule has 2 rings (SSSR count). The molecule has 2 unspecified atom stereocenters. The summed E-state index contributed by atoms with van der Waals surface area (Å²) in [6.07, 6.45) is 2.45. The Labute approximate surface area is 162 Å². The van der Waals surface area contributed by atoms with Gasteiger partial charge in [-0.1, -0.05) is 32.0 Å². The van der Waals surface area contributed by atoms with Crippen LogP contribution in [0.3, 0.4) is 0 Å². The molecule has 0 aliphatic carbocycles. The normalized spacial score (nSPS) is 18.3. The minimum Gasteiger partial charge on any atom is -0.484 e. The first-order valence-electron chi connectivity index (χ1n) is 9.84. The zero-order valence-electron chi connectivity index (χ0n) is 16.8. The van der Waals surface area contributed by atoms with E-state index in [2.05, 4.69) is 13.8 Å². The minimum absolute atomic E-state index is 0.00397. The summed E-state index contributed by atoms with van der Waals surface area (Å²) >= 11 is 0. The van der Waals surface area contributed by atoms with Crippen LogP contribution in [0.15, 0.2) is 30.3 Å². The van der Waals surface area contributed by atoms with Gasteiger partial charge in [0.1, 0.15) is 5.75 Å². The van der Waals surface area contributed by atoms with Gasteiger partial charge in [0.2, 0.25) is 5.91 Å². The van der Waals surface area contributed by atoms with Crippen LogP contribution >= 0.6 is 0 Å². The van der Waals surface area contributed by atoms with Crippen molar-refractivity contribution in [1.82, 2.24) is 9.80 Å². The maximum atomic E-state index is 12.7.